The second-order valence-electron chi connectivity index (χ2n) is 5.36. The van der Waals surface area contributed by atoms with E-state index < -0.39 is 0 Å². The maximum absolute atomic E-state index is 11.4. The highest BCUT2D eigenvalue weighted by Crippen LogP contribution is 2.43. The van der Waals surface area contributed by atoms with Gasteiger partial charge in [0.15, 0.2) is 6.29 Å². The Morgan fingerprint density at radius 1 is 0.840 bits per heavy atom. The molecule has 130 valence electrons. The van der Waals surface area contributed by atoms with Crippen molar-refractivity contribution in [1.29, 1.82) is 0 Å². The number of benzene rings is 3. The topological polar surface area (TPSA) is 35.5 Å². The highest BCUT2D eigenvalue weighted by molar-refractivity contribution is 6.02. The van der Waals surface area contributed by atoms with Gasteiger partial charge in [-0.3, -0.25) is 4.79 Å². The lowest BCUT2D eigenvalue weighted by molar-refractivity contribution is 0.112. The van der Waals surface area contributed by atoms with Gasteiger partial charge in [-0.25, -0.2) is 0 Å². The van der Waals surface area contributed by atoms with E-state index in [0.717, 1.165) is 22.8 Å². The van der Waals surface area contributed by atoms with Crippen LogP contribution in [0.4, 0.5) is 0 Å². The summed E-state index contributed by atoms with van der Waals surface area (Å²) < 4.78 is 11.1. The van der Waals surface area contributed by atoms with Crippen molar-refractivity contribution in [2.45, 2.75) is 20.8 Å². The van der Waals surface area contributed by atoms with E-state index in [1.54, 1.807) is 26.4 Å². The molecule has 0 saturated heterocycles. The Bertz CT molecular complexity index is 882. The number of aryl methyl sites for hydroxylation is 1. The molecule has 0 saturated carbocycles. The maximum atomic E-state index is 11.4. The molecule has 0 N–H and O–H groups in total. The molecule has 0 spiro atoms. The molecule has 0 atom stereocenters. The number of rotatable bonds is 4. The van der Waals surface area contributed by atoms with Crippen LogP contribution in [0.1, 0.15) is 29.8 Å². The first-order chi connectivity index (χ1) is 12.2. The van der Waals surface area contributed by atoms with Crippen molar-refractivity contribution in [3.8, 4) is 22.6 Å². The van der Waals surface area contributed by atoms with E-state index in [1.807, 2.05) is 32.0 Å². The Balaban J connectivity index is 0.00000109. The Morgan fingerprint density at radius 2 is 1.52 bits per heavy atom. The van der Waals surface area contributed by atoms with Gasteiger partial charge in [-0.2, -0.15) is 0 Å². The molecule has 3 aromatic carbocycles. The number of hydrogen-bond donors (Lipinski definition) is 0. The summed E-state index contributed by atoms with van der Waals surface area (Å²) in [5, 5.41) is 2.28. The summed E-state index contributed by atoms with van der Waals surface area (Å²) in [6.07, 6.45) is 0.804. The maximum Gasteiger partial charge on any atom is 0.153 e. The van der Waals surface area contributed by atoms with Crippen molar-refractivity contribution in [3.05, 3.63) is 59.7 Å². The van der Waals surface area contributed by atoms with Crippen LogP contribution in [-0.4, -0.2) is 20.5 Å². The van der Waals surface area contributed by atoms with E-state index >= 15 is 0 Å². The van der Waals surface area contributed by atoms with Crippen LogP contribution in [-0.2, 0) is 0 Å². The third-order valence-electron chi connectivity index (χ3n) is 4.11. The smallest absolute Gasteiger partial charge is 0.153 e. The molecular weight excluding hydrogens is 312 g/mol. The van der Waals surface area contributed by atoms with Crippen molar-refractivity contribution in [3.63, 3.8) is 0 Å². The minimum atomic E-state index is 0.507. The summed E-state index contributed by atoms with van der Waals surface area (Å²) in [6, 6.07) is 15.8. The number of carbonyl (C=O) groups excluding carboxylic acids is 1. The molecule has 0 aliphatic heterocycles. The molecule has 3 rings (SSSR count). The lowest BCUT2D eigenvalue weighted by atomic mass is 9.93. The molecule has 0 fully saturated rings. The molecule has 0 aliphatic carbocycles. The Hall–Kier alpha value is -2.81. The zero-order valence-corrected chi connectivity index (χ0v) is 15.4. The van der Waals surface area contributed by atoms with Crippen LogP contribution < -0.4 is 9.47 Å². The van der Waals surface area contributed by atoms with Gasteiger partial charge in [0.25, 0.3) is 0 Å². The highest BCUT2D eigenvalue weighted by Gasteiger charge is 2.18. The molecular formula is C22H24O3. The van der Waals surface area contributed by atoms with Gasteiger partial charge in [-0.05, 0) is 41.0 Å². The first-order valence-corrected chi connectivity index (χ1v) is 8.40. The monoisotopic (exact) mass is 336 g/mol. The van der Waals surface area contributed by atoms with Gasteiger partial charge in [0.05, 0.1) is 25.3 Å². The second-order valence-corrected chi connectivity index (χ2v) is 5.36. The van der Waals surface area contributed by atoms with Crippen molar-refractivity contribution < 1.29 is 14.3 Å². The largest absolute Gasteiger partial charge is 0.496 e. The Kier molecular flexibility index (Phi) is 6.18. The van der Waals surface area contributed by atoms with E-state index in [9.17, 15) is 4.79 Å². The standard InChI is InChI=1S/C20H18O3.C2H6/c1-13-6-4-8-16-15(13)7-5-9-17(16)19-18(22-2)11-10-14(12-21)20(19)23-3;1-2/h4-12H,1-3H3;1-2H3. The lowest BCUT2D eigenvalue weighted by Gasteiger charge is -2.17. The molecule has 0 radical (unpaired) electrons. The van der Waals surface area contributed by atoms with Gasteiger partial charge in [0.2, 0.25) is 0 Å². The number of aldehydes is 1. The fourth-order valence-electron chi connectivity index (χ4n) is 3.00. The molecule has 0 amide bonds. The predicted octanol–water partition coefficient (Wildman–Crippen LogP) is 5.67. The normalized spacial score (nSPS) is 9.96. The van der Waals surface area contributed by atoms with Crippen LogP contribution in [0.15, 0.2) is 48.5 Å². The molecule has 0 unspecified atom stereocenters. The van der Waals surface area contributed by atoms with Crippen molar-refractivity contribution in [1.82, 2.24) is 0 Å². The molecule has 25 heavy (non-hydrogen) atoms. The minimum Gasteiger partial charge on any atom is -0.496 e. The summed E-state index contributed by atoms with van der Waals surface area (Å²) in [4.78, 5) is 11.4. The number of ether oxygens (including phenoxy) is 2. The fourth-order valence-corrected chi connectivity index (χ4v) is 3.00. The van der Waals surface area contributed by atoms with Gasteiger partial charge in [-0.15, -0.1) is 0 Å². The van der Waals surface area contributed by atoms with Crippen molar-refractivity contribution in [2.24, 2.45) is 0 Å². The van der Waals surface area contributed by atoms with Crippen LogP contribution in [0, 0.1) is 6.92 Å². The molecule has 0 aromatic heterocycles. The molecule has 0 aliphatic rings. The predicted molar refractivity (Wildman–Crippen MR) is 104 cm³/mol. The van der Waals surface area contributed by atoms with Gasteiger partial charge in [0.1, 0.15) is 11.5 Å². The van der Waals surface area contributed by atoms with Gasteiger partial charge in [-0.1, -0.05) is 50.2 Å². The molecule has 3 heteroatoms. The summed E-state index contributed by atoms with van der Waals surface area (Å²) in [5.74, 6) is 1.22. The SMILES string of the molecule is CC.COc1ccc(C=O)c(OC)c1-c1cccc2c(C)cccc12. The minimum absolute atomic E-state index is 0.507. The molecule has 3 aromatic rings. The number of carbonyl (C=O) groups is 1. The van der Waals surface area contributed by atoms with E-state index in [0.29, 0.717) is 17.1 Å². The van der Waals surface area contributed by atoms with E-state index in [-0.39, 0.29) is 0 Å². The number of hydrogen-bond acceptors (Lipinski definition) is 3. The number of fused-ring (bicyclic) bond motifs is 1. The zero-order chi connectivity index (χ0) is 18.4. The zero-order valence-electron chi connectivity index (χ0n) is 15.4. The van der Waals surface area contributed by atoms with Crippen LogP contribution in [0.25, 0.3) is 21.9 Å². The summed E-state index contributed by atoms with van der Waals surface area (Å²) in [6.45, 7) is 6.09. The summed E-state index contributed by atoms with van der Waals surface area (Å²) >= 11 is 0. The quantitative estimate of drug-likeness (QED) is 0.576. The average molecular weight is 336 g/mol. The lowest BCUT2D eigenvalue weighted by Crippen LogP contribution is -1.98. The van der Waals surface area contributed by atoms with E-state index in [1.165, 1.54) is 10.9 Å². The third kappa shape index (κ3) is 3.36. The fraction of sp³-hybridized carbons (Fsp3) is 0.227. The van der Waals surface area contributed by atoms with Crippen LogP contribution >= 0.6 is 0 Å². The second kappa shape index (κ2) is 8.34. The van der Waals surface area contributed by atoms with Crippen LogP contribution in [0.5, 0.6) is 11.5 Å². The van der Waals surface area contributed by atoms with Crippen molar-refractivity contribution >= 4 is 17.1 Å². The average Bonchev–Trinajstić information content (AvgIpc) is 2.68. The first-order valence-electron chi connectivity index (χ1n) is 8.40. The van der Waals surface area contributed by atoms with Crippen LogP contribution in [0.3, 0.4) is 0 Å². The molecule has 3 nitrogen and oxygen atoms in total. The Labute approximate surface area is 149 Å². The summed E-state index contributed by atoms with van der Waals surface area (Å²) in [7, 11) is 3.19. The first kappa shape index (κ1) is 18.5. The van der Waals surface area contributed by atoms with E-state index in [4.69, 9.17) is 9.47 Å². The Morgan fingerprint density at radius 3 is 2.16 bits per heavy atom. The van der Waals surface area contributed by atoms with Crippen LogP contribution in [0.2, 0.25) is 0 Å². The van der Waals surface area contributed by atoms with Gasteiger partial charge < -0.3 is 9.47 Å². The third-order valence-corrected chi connectivity index (χ3v) is 4.11. The van der Waals surface area contributed by atoms with Gasteiger partial charge in [0, 0.05) is 0 Å². The molecule has 0 bridgehead atoms. The van der Waals surface area contributed by atoms with Crippen molar-refractivity contribution in [2.75, 3.05) is 14.2 Å². The molecule has 0 heterocycles. The summed E-state index contributed by atoms with van der Waals surface area (Å²) in [5.41, 5.74) is 3.50. The van der Waals surface area contributed by atoms with Gasteiger partial charge >= 0.3 is 0 Å². The highest BCUT2D eigenvalue weighted by atomic mass is 16.5. The number of methoxy groups -OCH3 is 2. The van der Waals surface area contributed by atoms with E-state index in [2.05, 4.69) is 25.1 Å².